The fraction of sp³-hybridized carbons (Fsp3) is 0.714. The van der Waals surface area contributed by atoms with Gasteiger partial charge in [0.15, 0.2) is 0 Å². The Bertz CT molecular complexity index is 385. The molecule has 0 aliphatic carbocycles. The summed E-state index contributed by atoms with van der Waals surface area (Å²) in [5.41, 5.74) is 3.55. The lowest BCUT2D eigenvalue weighted by Crippen LogP contribution is -2.36. The Morgan fingerprint density at radius 1 is 1.24 bits per heavy atom. The van der Waals surface area contributed by atoms with E-state index < -0.39 is 0 Å². The summed E-state index contributed by atoms with van der Waals surface area (Å²) in [6, 6.07) is 0.597. The van der Waals surface area contributed by atoms with Gasteiger partial charge in [0.1, 0.15) is 0 Å². The lowest BCUT2D eigenvalue weighted by atomic mass is 10.1. The van der Waals surface area contributed by atoms with Gasteiger partial charge in [0.2, 0.25) is 0 Å². The molecule has 1 aromatic heterocycles. The molecule has 3 nitrogen and oxygen atoms in total. The molecule has 3 heteroatoms. The van der Waals surface area contributed by atoms with Gasteiger partial charge in [-0.2, -0.15) is 0 Å². The fourth-order valence-corrected chi connectivity index (χ4v) is 2.30. The average molecular weight is 233 g/mol. The maximum absolute atomic E-state index is 4.76. The second kappa shape index (κ2) is 5.13. The first-order chi connectivity index (χ1) is 8.06. The van der Waals surface area contributed by atoms with Gasteiger partial charge in [-0.25, -0.2) is 0 Å². The molecule has 0 N–H and O–H groups in total. The number of fused-ring (bicyclic) bond motifs is 1. The van der Waals surface area contributed by atoms with Gasteiger partial charge in [0, 0.05) is 31.7 Å². The Balaban J connectivity index is 2.14. The van der Waals surface area contributed by atoms with Gasteiger partial charge < -0.3 is 0 Å². The summed E-state index contributed by atoms with van der Waals surface area (Å²) in [4.78, 5) is 11.8. The van der Waals surface area contributed by atoms with Crippen molar-refractivity contribution in [2.45, 2.75) is 53.1 Å². The van der Waals surface area contributed by atoms with Crippen LogP contribution in [-0.2, 0) is 19.4 Å². The number of aromatic nitrogens is 2. The van der Waals surface area contributed by atoms with Gasteiger partial charge in [-0.15, -0.1) is 0 Å². The van der Waals surface area contributed by atoms with E-state index in [4.69, 9.17) is 4.98 Å². The lowest BCUT2D eigenvalue weighted by Gasteiger charge is -2.30. The van der Waals surface area contributed by atoms with E-state index in [1.165, 1.54) is 11.4 Å². The van der Waals surface area contributed by atoms with Crippen LogP contribution in [0.2, 0.25) is 0 Å². The predicted octanol–water partition coefficient (Wildman–Crippen LogP) is 2.44. The van der Waals surface area contributed by atoms with Crippen molar-refractivity contribution in [3.05, 3.63) is 23.3 Å². The van der Waals surface area contributed by atoms with Gasteiger partial charge in [-0.1, -0.05) is 13.8 Å². The largest absolute Gasteiger partial charge is 0.295 e. The summed E-state index contributed by atoms with van der Waals surface area (Å²) in [5.74, 6) is 0.651. The highest BCUT2D eigenvalue weighted by atomic mass is 15.2. The van der Waals surface area contributed by atoms with Crippen molar-refractivity contribution < 1.29 is 0 Å². The minimum atomic E-state index is 0.597. The van der Waals surface area contributed by atoms with Crippen LogP contribution < -0.4 is 0 Å². The molecule has 2 rings (SSSR count). The molecule has 1 aromatic rings. The molecule has 2 heterocycles. The van der Waals surface area contributed by atoms with Crippen molar-refractivity contribution in [1.82, 2.24) is 14.9 Å². The summed E-state index contributed by atoms with van der Waals surface area (Å²) < 4.78 is 0. The van der Waals surface area contributed by atoms with Crippen molar-refractivity contribution in [3.63, 3.8) is 0 Å². The van der Waals surface area contributed by atoms with Crippen LogP contribution in [0.5, 0.6) is 0 Å². The molecule has 0 fully saturated rings. The second-order valence-corrected chi connectivity index (χ2v) is 5.67. The third-order valence-corrected chi connectivity index (χ3v) is 3.32. The van der Waals surface area contributed by atoms with Crippen molar-refractivity contribution in [3.8, 4) is 0 Å². The lowest BCUT2D eigenvalue weighted by molar-refractivity contribution is 0.198. The Labute approximate surface area is 104 Å². The van der Waals surface area contributed by atoms with E-state index in [-0.39, 0.29) is 0 Å². The van der Waals surface area contributed by atoms with Crippen LogP contribution in [0.1, 0.15) is 44.8 Å². The first kappa shape index (κ1) is 12.5. The molecule has 1 aliphatic heterocycles. The molecule has 0 saturated carbocycles. The molecule has 0 amide bonds. The Morgan fingerprint density at radius 3 is 2.65 bits per heavy atom. The van der Waals surface area contributed by atoms with Gasteiger partial charge in [0.05, 0.1) is 17.1 Å². The van der Waals surface area contributed by atoms with Gasteiger partial charge in [-0.05, 0) is 26.2 Å². The molecule has 0 unspecified atom stereocenters. The monoisotopic (exact) mass is 233 g/mol. The van der Waals surface area contributed by atoms with Crippen LogP contribution in [0.3, 0.4) is 0 Å². The van der Waals surface area contributed by atoms with E-state index in [0.29, 0.717) is 12.0 Å². The molecular formula is C14H23N3. The minimum absolute atomic E-state index is 0.597. The number of rotatable bonds is 3. The Kier molecular flexibility index (Phi) is 3.77. The molecule has 1 aliphatic rings. The number of nitrogens with zero attached hydrogens (tertiary/aromatic N) is 3. The molecule has 94 valence electrons. The summed E-state index contributed by atoms with van der Waals surface area (Å²) in [6.45, 7) is 11.0. The van der Waals surface area contributed by atoms with Crippen molar-refractivity contribution in [1.29, 1.82) is 0 Å². The van der Waals surface area contributed by atoms with E-state index in [9.17, 15) is 0 Å². The van der Waals surface area contributed by atoms with Crippen molar-refractivity contribution in [2.75, 3.05) is 6.54 Å². The quantitative estimate of drug-likeness (QED) is 0.803. The zero-order valence-electron chi connectivity index (χ0n) is 11.4. The van der Waals surface area contributed by atoms with Gasteiger partial charge in [-0.3, -0.25) is 14.9 Å². The highest BCUT2D eigenvalue weighted by Gasteiger charge is 2.20. The van der Waals surface area contributed by atoms with Crippen LogP contribution in [0.25, 0.3) is 0 Å². The summed E-state index contributed by atoms with van der Waals surface area (Å²) in [7, 11) is 0. The van der Waals surface area contributed by atoms with Crippen molar-refractivity contribution in [2.24, 2.45) is 5.92 Å². The highest BCUT2D eigenvalue weighted by Crippen LogP contribution is 2.18. The van der Waals surface area contributed by atoms with Crippen LogP contribution >= 0.6 is 0 Å². The first-order valence-corrected chi connectivity index (χ1v) is 6.64. The van der Waals surface area contributed by atoms with Crippen LogP contribution in [-0.4, -0.2) is 27.5 Å². The summed E-state index contributed by atoms with van der Waals surface area (Å²) >= 11 is 0. The second-order valence-electron chi connectivity index (χ2n) is 5.67. The van der Waals surface area contributed by atoms with E-state index in [1.807, 2.05) is 6.20 Å². The standard InChI is InChI=1S/C14H23N3/c1-10(2)7-12-8-15-14-9-17(11(3)4)6-5-13(14)16-12/h8,10-11H,5-7,9H2,1-4H3. The zero-order valence-corrected chi connectivity index (χ0v) is 11.4. The smallest absolute Gasteiger partial charge is 0.0759 e. The molecule has 0 bridgehead atoms. The first-order valence-electron chi connectivity index (χ1n) is 6.64. The molecule has 0 aromatic carbocycles. The third kappa shape index (κ3) is 3.03. The van der Waals surface area contributed by atoms with Crippen LogP contribution in [0, 0.1) is 5.92 Å². The van der Waals surface area contributed by atoms with Crippen LogP contribution in [0.15, 0.2) is 6.20 Å². The fourth-order valence-electron chi connectivity index (χ4n) is 2.30. The highest BCUT2D eigenvalue weighted by molar-refractivity contribution is 5.17. The van der Waals surface area contributed by atoms with Gasteiger partial charge >= 0.3 is 0 Å². The topological polar surface area (TPSA) is 29.0 Å². The van der Waals surface area contributed by atoms with E-state index in [0.717, 1.165) is 31.6 Å². The van der Waals surface area contributed by atoms with Gasteiger partial charge in [0.25, 0.3) is 0 Å². The Hall–Kier alpha value is -0.960. The Morgan fingerprint density at radius 2 is 2.00 bits per heavy atom. The molecule has 0 atom stereocenters. The maximum atomic E-state index is 4.76. The molecular weight excluding hydrogens is 210 g/mol. The number of hydrogen-bond donors (Lipinski definition) is 0. The number of hydrogen-bond acceptors (Lipinski definition) is 3. The van der Waals surface area contributed by atoms with Crippen molar-refractivity contribution >= 4 is 0 Å². The predicted molar refractivity (Wildman–Crippen MR) is 69.8 cm³/mol. The average Bonchev–Trinajstić information content (AvgIpc) is 2.27. The van der Waals surface area contributed by atoms with E-state index in [2.05, 4.69) is 37.6 Å². The third-order valence-electron chi connectivity index (χ3n) is 3.32. The van der Waals surface area contributed by atoms with E-state index >= 15 is 0 Å². The summed E-state index contributed by atoms with van der Waals surface area (Å²) in [6.07, 6.45) is 4.04. The molecule has 0 spiro atoms. The molecule has 0 saturated heterocycles. The normalized spacial score (nSPS) is 16.6. The molecule has 0 radical (unpaired) electrons. The maximum Gasteiger partial charge on any atom is 0.0759 e. The van der Waals surface area contributed by atoms with E-state index in [1.54, 1.807) is 0 Å². The summed E-state index contributed by atoms with van der Waals surface area (Å²) in [5, 5.41) is 0. The zero-order chi connectivity index (χ0) is 12.4. The van der Waals surface area contributed by atoms with Crippen LogP contribution in [0.4, 0.5) is 0 Å². The molecule has 17 heavy (non-hydrogen) atoms. The SMILES string of the molecule is CC(C)Cc1cnc2c(n1)CCN(C(C)C)C2. The minimum Gasteiger partial charge on any atom is -0.295 e.